The molecule has 1 amide bonds. The monoisotopic (exact) mass is 514 g/mol. The average Bonchev–Trinajstić information content (AvgIpc) is 3.44. The molecule has 1 aliphatic rings. The molecule has 1 saturated heterocycles. The number of aromatic nitrogens is 1. The maximum atomic E-state index is 13.5. The average molecular weight is 515 g/mol. The number of carbonyl (C=O) groups is 2. The number of anilines is 1. The fourth-order valence-electron chi connectivity index (χ4n) is 4.39. The number of methoxy groups -OCH3 is 1. The predicted molar refractivity (Wildman–Crippen MR) is 144 cm³/mol. The Bertz CT molecular complexity index is 1540. The van der Waals surface area contributed by atoms with E-state index < -0.39 is 17.7 Å². The first-order chi connectivity index (χ1) is 17.9. The number of hydrogen-bond acceptors (Lipinski definition) is 7. The number of carbonyl (C=O) groups excluding carboxylic acids is 2. The Morgan fingerprint density at radius 1 is 1.05 bits per heavy atom. The summed E-state index contributed by atoms with van der Waals surface area (Å²) < 4.78 is 12.0. The van der Waals surface area contributed by atoms with Crippen LogP contribution in [-0.4, -0.2) is 35.5 Å². The summed E-state index contributed by atoms with van der Waals surface area (Å²) in [5.41, 5.74) is 2.80. The van der Waals surface area contributed by atoms with E-state index in [1.54, 1.807) is 55.6 Å². The van der Waals surface area contributed by atoms with Gasteiger partial charge in [0.15, 0.2) is 5.13 Å². The summed E-state index contributed by atoms with van der Waals surface area (Å²) >= 11 is 1.33. The van der Waals surface area contributed by atoms with Gasteiger partial charge in [-0.1, -0.05) is 48.6 Å². The van der Waals surface area contributed by atoms with Crippen molar-refractivity contribution in [2.75, 3.05) is 18.6 Å². The van der Waals surface area contributed by atoms with Gasteiger partial charge in [-0.05, 0) is 60.9 Å². The fourth-order valence-corrected chi connectivity index (χ4v) is 5.48. The molecular weight excluding hydrogens is 488 g/mol. The first-order valence-electron chi connectivity index (χ1n) is 12.0. The highest BCUT2D eigenvalue weighted by Gasteiger charge is 2.48. The molecule has 7 nitrogen and oxygen atoms in total. The minimum atomic E-state index is -0.892. The van der Waals surface area contributed by atoms with Crippen LogP contribution in [0.1, 0.15) is 36.1 Å². The summed E-state index contributed by atoms with van der Waals surface area (Å²) in [5, 5.41) is 11.8. The molecule has 1 aliphatic heterocycles. The third kappa shape index (κ3) is 4.56. The van der Waals surface area contributed by atoms with Crippen molar-refractivity contribution >= 4 is 44.1 Å². The van der Waals surface area contributed by atoms with Gasteiger partial charge in [-0.2, -0.15) is 0 Å². The van der Waals surface area contributed by atoms with Crippen molar-refractivity contribution in [2.24, 2.45) is 0 Å². The quantitative estimate of drug-likeness (QED) is 0.184. The maximum absolute atomic E-state index is 13.5. The lowest BCUT2D eigenvalue weighted by atomic mass is 9.95. The van der Waals surface area contributed by atoms with Crippen molar-refractivity contribution in [3.8, 4) is 11.5 Å². The number of thiazole rings is 1. The fraction of sp³-hybridized carbons (Fsp3) is 0.207. The molecule has 1 N–H and O–H groups in total. The molecule has 37 heavy (non-hydrogen) atoms. The number of ketones is 1. The zero-order chi connectivity index (χ0) is 26.1. The standard InChI is InChI=1S/C29H26N2O5S/c1-4-13-36-21-10-6-8-19(16-21)26(32)24-25(18-7-5-9-20(15-18)35-3)31(28(34)27(24)33)29-30-22-12-11-17(2)14-23(22)37-29/h5-12,14-16,25,32H,4,13H2,1-3H3. The second-order valence-electron chi connectivity index (χ2n) is 8.79. The van der Waals surface area contributed by atoms with Crippen molar-refractivity contribution in [3.63, 3.8) is 0 Å². The normalized spacial score (nSPS) is 16.9. The lowest BCUT2D eigenvalue weighted by Crippen LogP contribution is -2.29. The Morgan fingerprint density at radius 3 is 2.62 bits per heavy atom. The van der Waals surface area contributed by atoms with E-state index in [1.165, 1.54) is 16.2 Å². The highest BCUT2D eigenvalue weighted by Crippen LogP contribution is 2.45. The number of aliphatic hydroxyl groups excluding tert-OH is 1. The van der Waals surface area contributed by atoms with Crippen LogP contribution in [0, 0.1) is 6.92 Å². The zero-order valence-electron chi connectivity index (χ0n) is 20.7. The van der Waals surface area contributed by atoms with Gasteiger partial charge in [0.2, 0.25) is 0 Å². The van der Waals surface area contributed by atoms with Crippen LogP contribution >= 0.6 is 11.3 Å². The molecule has 0 radical (unpaired) electrons. The van der Waals surface area contributed by atoms with Crippen LogP contribution in [0.15, 0.2) is 72.3 Å². The molecule has 188 valence electrons. The Hall–Kier alpha value is -4.17. The Balaban J connectivity index is 1.69. The molecule has 8 heteroatoms. The number of Topliss-reactive ketones (excluding diaryl/α,β-unsaturated/α-hetero) is 1. The number of rotatable bonds is 7. The van der Waals surface area contributed by atoms with E-state index >= 15 is 0 Å². The number of hydrogen-bond donors (Lipinski definition) is 1. The molecule has 3 aromatic carbocycles. The second kappa shape index (κ2) is 10.1. The molecule has 0 aliphatic carbocycles. The Labute approximate surface area is 218 Å². The molecule has 1 fully saturated rings. The van der Waals surface area contributed by atoms with E-state index in [0.29, 0.717) is 34.4 Å². The number of aryl methyl sites for hydroxylation is 1. The summed E-state index contributed by atoms with van der Waals surface area (Å²) in [6, 6.07) is 19.0. The first-order valence-corrected chi connectivity index (χ1v) is 12.8. The number of ether oxygens (including phenoxy) is 2. The third-order valence-corrected chi connectivity index (χ3v) is 7.19. The topological polar surface area (TPSA) is 89.0 Å². The minimum absolute atomic E-state index is 0.0127. The number of benzene rings is 3. The predicted octanol–water partition coefficient (Wildman–Crippen LogP) is 6.03. The molecule has 0 saturated carbocycles. The first kappa shape index (κ1) is 24.5. The van der Waals surface area contributed by atoms with Crippen LogP contribution in [0.2, 0.25) is 0 Å². The maximum Gasteiger partial charge on any atom is 0.301 e. The van der Waals surface area contributed by atoms with E-state index in [0.717, 1.165) is 22.2 Å². The van der Waals surface area contributed by atoms with Gasteiger partial charge in [0.25, 0.3) is 5.78 Å². The second-order valence-corrected chi connectivity index (χ2v) is 9.80. The minimum Gasteiger partial charge on any atom is -0.507 e. The summed E-state index contributed by atoms with van der Waals surface area (Å²) in [7, 11) is 1.55. The van der Waals surface area contributed by atoms with Crippen LogP contribution in [0.25, 0.3) is 16.0 Å². The number of amides is 1. The molecular formula is C29H26N2O5S. The lowest BCUT2D eigenvalue weighted by Gasteiger charge is -2.23. The molecule has 4 aromatic rings. The summed E-state index contributed by atoms with van der Waals surface area (Å²) in [4.78, 5) is 33.0. The Morgan fingerprint density at radius 2 is 1.84 bits per heavy atom. The van der Waals surface area contributed by atoms with E-state index in [2.05, 4.69) is 4.98 Å². The number of fused-ring (bicyclic) bond motifs is 1. The van der Waals surface area contributed by atoms with Crippen LogP contribution < -0.4 is 14.4 Å². The molecule has 1 aromatic heterocycles. The highest BCUT2D eigenvalue weighted by atomic mass is 32.1. The van der Waals surface area contributed by atoms with Crippen molar-refractivity contribution < 1.29 is 24.2 Å². The molecule has 0 spiro atoms. The Kier molecular flexibility index (Phi) is 6.67. The summed E-state index contributed by atoms with van der Waals surface area (Å²) in [6.45, 7) is 4.51. The summed E-state index contributed by atoms with van der Waals surface area (Å²) in [5.74, 6) is -0.658. The largest absolute Gasteiger partial charge is 0.507 e. The van der Waals surface area contributed by atoms with Crippen molar-refractivity contribution in [1.29, 1.82) is 0 Å². The summed E-state index contributed by atoms with van der Waals surface area (Å²) in [6.07, 6.45) is 0.832. The smallest absolute Gasteiger partial charge is 0.301 e. The van der Waals surface area contributed by atoms with Crippen LogP contribution in [0.3, 0.4) is 0 Å². The molecule has 0 bridgehead atoms. The van der Waals surface area contributed by atoms with Gasteiger partial charge in [0.1, 0.15) is 17.3 Å². The van der Waals surface area contributed by atoms with E-state index in [4.69, 9.17) is 9.47 Å². The van der Waals surface area contributed by atoms with Crippen molar-refractivity contribution in [1.82, 2.24) is 4.98 Å². The van der Waals surface area contributed by atoms with Crippen LogP contribution in [0.5, 0.6) is 11.5 Å². The lowest BCUT2D eigenvalue weighted by molar-refractivity contribution is -0.132. The number of nitrogens with zero attached hydrogens (tertiary/aromatic N) is 2. The van der Waals surface area contributed by atoms with E-state index in [1.807, 2.05) is 32.0 Å². The van der Waals surface area contributed by atoms with E-state index in [9.17, 15) is 14.7 Å². The van der Waals surface area contributed by atoms with Crippen LogP contribution in [-0.2, 0) is 9.59 Å². The van der Waals surface area contributed by atoms with Gasteiger partial charge >= 0.3 is 5.91 Å². The van der Waals surface area contributed by atoms with Crippen LogP contribution in [0.4, 0.5) is 5.13 Å². The highest BCUT2D eigenvalue weighted by molar-refractivity contribution is 7.22. The van der Waals surface area contributed by atoms with Gasteiger partial charge in [0.05, 0.1) is 35.5 Å². The van der Waals surface area contributed by atoms with Crippen molar-refractivity contribution in [3.05, 3.63) is 89.0 Å². The molecule has 5 rings (SSSR count). The molecule has 2 heterocycles. The van der Waals surface area contributed by atoms with Crippen molar-refractivity contribution in [2.45, 2.75) is 26.3 Å². The third-order valence-electron chi connectivity index (χ3n) is 6.17. The molecule has 1 atom stereocenters. The van der Waals surface area contributed by atoms with Gasteiger partial charge in [-0.15, -0.1) is 0 Å². The van der Waals surface area contributed by atoms with E-state index in [-0.39, 0.29) is 11.3 Å². The van der Waals surface area contributed by atoms with Gasteiger partial charge in [0, 0.05) is 5.56 Å². The molecule has 1 unspecified atom stereocenters. The number of aliphatic hydroxyl groups is 1. The zero-order valence-corrected chi connectivity index (χ0v) is 21.5. The van der Waals surface area contributed by atoms with Gasteiger partial charge in [-0.25, -0.2) is 4.98 Å². The SMILES string of the molecule is CCCOc1cccc(C(O)=C2C(=O)C(=O)N(c3nc4ccc(C)cc4s3)C2c2cccc(OC)c2)c1. The van der Waals surface area contributed by atoms with Gasteiger partial charge in [-0.3, -0.25) is 14.5 Å². The van der Waals surface area contributed by atoms with Gasteiger partial charge < -0.3 is 14.6 Å².